The Balaban J connectivity index is 2.18. The molecule has 0 aliphatic rings. The molecule has 2 amide bonds. The first-order valence-corrected chi connectivity index (χ1v) is 10.3. The van der Waals surface area contributed by atoms with Crippen molar-refractivity contribution in [1.29, 1.82) is 0 Å². The van der Waals surface area contributed by atoms with Crippen molar-refractivity contribution in [2.45, 2.75) is 30.5 Å². The van der Waals surface area contributed by atoms with Crippen molar-refractivity contribution in [3.63, 3.8) is 0 Å². The first-order chi connectivity index (χ1) is 14.1. The van der Waals surface area contributed by atoms with Crippen LogP contribution >= 0.6 is 11.6 Å². The van der Waals surface area contributed by atoms with E-state index in [-0.39, 0.29) is 34.1 Å². The van der Waals surface area contributed by atoms with Crippen LogP contribution in [0.1, 0.15) is 13.8 Å². The first-order valence-electron chi connectivity index (χ1n) is 8.44. The molecular formula is C18H17ClF3N3O5S. The van der Waals surface area contributed by atoms with Gasteiger partial charge in [-0.1, -0.05) is 11.6 Å². The molecule has 13 heteroatoms. The van der Waals surface area contributed by atoms with Crippen LogP contribution in [0.4, 0.5) is 30.2 Å². The Labute approximate surface area is 180 Å². The third-order valence-electron chi connectivity index (χ3n) is 3.95. The molecule has 0 radical (unpaired) electrons. The number of anilines is 3. The number of aliphatic hydroxyl groups is 1. The Morgan fingerprint density at radius 1 is 1.00 bits per heavy atom. The minimum atomic E-state index is -5.21. The third-order valence-corrected chi connectivity index (χ3v) is 5.66. The topological polar surface area (TPSA) is 125 Å². The minimum Gasteiger partial charge on any atom is -0.373 e. The van der Waals surface area contributed by atoms with E-state index in [1.165, 1.54) is 31.2 Å². The summed E-state index contributed by atoms with van der Waals surface area (Å²) in [6.07, 6.45) is -5.21. The maximum absolute atomic E-state index is 12.7. The molecule has 0 saturated carbocycles. The molecule has 0 saturated heterocycles. The fraction of sp³-hybridized carbons (Fsp3) is 0.222. The van der Waals surface area contributed by atoms with Gasteiger partial charge in [0, 0.05) is 12.6 Å². The lowest BCUT2D eigenvalue weighted by atomic mass is 10.1. The molecule has 2 aromatic rings. The molecule has 0 heterocycles. The summed E-state index contributed by atoms with van der Waals surface area (Å²) in [6, 6.07) is 8.58. The van der Waals surface area contributed by atoms with Crippen LogP contribution in [0.2, 0.25) is 5.02 Å². The maximum Gasteiger partial charge on any atom is 0.426 e. The van der Waals surface area contributed by atoms with E-state index in [4.69, 9.17) is 11.6 Å². The quantitative estimate of drug-likeness (QED) is 0.505. The molecule has 2 aromatic carbocycles. The lowest BCUT2D eigenvalue weighted by Gasteiger charge is -2.25. The highest BCUT2D eigenvalue weighted by molar-refractivity contribution is 7.92. The highest BCUT2D eigenvalue weighted by Crippen LogP contribution is 2.33. The molecule has 8 nitrogen and oxygen atoms in total. The molecule has 0 aliphatic heterocycles. The predicted molar refractivity (Wildman–Crippen MR) is 108 cm³/mol. The number of alkyl halides is 3. The minimum absolute atomic E-state index is 0.0310. The lowest BCUT2D eigenvalue weighted by molar-refractivity contribution is -0.242. The van der Waals surface area contributed by atoms with Gasteiger partial charge in [-0.15, -0.1) is 0 Å². The third kappa shape index (κ3) is 5.87. The second-order valence-corrected chi connectivity index (χ2v) is 8.62. The van der Waals surface area contributed by atoms with E-state index in [2.05, 4.69) is 10.0 Å². The van der Waals surface area contributed by atoms with Crippen LogP contribution in [0.3, 0.4) is 0 Å². The summed E-state index contributed by atoms with van der Waals surface area (Å²) in [4.78, 5) is 22.6. The number of hydrogen-bond donors (Lipinski definition) is 4. The average Bonchev–Trinajstić information content (AvgIpc) is 2.62. The van der Waals surface area contributed by atoms with Gasteiger partial charge < -0.3 is 15.7 Å². The summed E-state index contributed by atoms with van der Waals surface area (Å²) >= 11 is 5.93. The van der Waals surface area contributed by atoms with Crippen molar-refractivity contribution >= 4 is 50.5 Å². The van der Waals surface area contributed by atoms with Gasteiger partial charge in [-0.25, -0.2) is 8.42 Å². The highest BCUT2D eigenvalue weighted by Gasteiger charge is 2.55. The van der Waals surface area contributed by atoms with Gasteiger partial charge >= 0.3 is 6.18 Å². The van der Waals surface area contributed by atoms with Crippen LogP contribution in [-0.4, -0.2) is 37.1 Å². The largest absolute Gasteiger partial charge is 0.426 e. The highest BCUT2D eigenvalue weighted by atomic mass is 35.5. The summed E-state index contributed by atoms with van der Waals surface area (Å²) in [5, 5.41) is 13.4. The lowest BCUT2D eigenvalue weighted by Crippen LogP contribution is -2.52. The predicted octanol–water partition coefficient (Wildman–Crippen LogP) is 3.35. The van der Waals surface area contributed by atoms with Gasteiger partial charge in [0.15, 0.2) is 0 Å². The number of halogens is 4. The molecule has 0 aromatic heterocycles. The van der Waals surface area contributed by atoms with Gasteiger partial charge in [0.05, 0.1) is 21.3 Å². The Hall–Kier alpha value is -2.83. The molecule has 0 spiro atoms. The van der Waals surface area contributed by atoms with E-state index in [1.54, 1.807) is 0 Å². The first kappa shape index (κ1) is 24.4. The van der Waals surface area contributed by atoms with Crippen LogP contribution in [-0.2, 0) is 19.6 Å². The second kappa shape index (κ2) is 8.73. The van der Waals surface area contributed by atoms with Crippen LogP contribution in [0.5, 0.6) is 0 Å². The van der Waals surface area contributed by atoms with Gasteiger partial charge in [-0.3, -0.25) is 14.3 Å². The van der Waals surface area contributed by atoms with Gasteiger partial charge in [-0.2, -0.15) is 13.2 Å². The molecule has 0 unspecified atom stereocenters. The zero-order valence-corrected chi connectivity index (χ0v) is 17.6. The maximum atomic E-state index is 12.7. The normalized spacial score (nSPS) is 13.8. The number of hydrogen-bond acceptors (Lipinski definition) is 5. The molecule has 0 bridgehead atoms. The SMILES string of the molecule is CC(=O)Nc1ccc(S(=O)(=O)Nc2ccc(NC(=O)[C@@](C)(O)C(F)(F)F)c(Cl)c2)cc1. The van der Waals surface area contributed by atoms with Crippen molar-refractivity contribution in [3.05, 3.63) is 47.5 Å². The van der Waals surface area contributed by atoms with E-state index in [9.17, 15) is 36.3 Å². The van der Waals surface area contributed by atoms with Gasteiger partial charge in [-0.05, 0) is 49.4 Å². The Morgan fingerprint density at radius 3 is 2.03 bits per heavy atom. The molecule has 0 fully saturated rings. The summed E-state index contributed by atoms with van der Waals surface area (Å²) in [6.45, 7) is 1.59. The van der Waals surface area contributed by atoms with E-state index in [0.29, 0.717) is 5.69 Å². The number of amides is 2. The van der Waals surface area contributed by atoms with Crippen LogP contribution < -0.4 is 15.4 Å². The number of carbonyl (C=O) groups excluding carboxylic acids is 2. The number of carbonyl (C=O) groups is 2. The smallest absolute Gasteiger partial charge is 0.373 e. The Bertz CT molecular complexity index is 1100. The van der Waals surface area contributed by atoms with Crippen molar-refractivity contribution in [3.8, 4) is 0 Å². The second-order valence-electron chi connectivity index (χ2n) is 6.53. The summed E-state index contributed by atoms with van der Waals surface area (Å²) in [5.74, 6) is -2.08. The van der Waals surface area contributed by atoms with Gasteiger partial charge in [0.25, 0.3) is 15.9 Å². The summed E-state index contributed by atoms with van der Waals surface area (Å²) in [7, 11) is -4.05. The monoisotopic (exact) mass is 479 g/mol. The van der Waals surface area contributed by atoms with E-state index in [1.807, 2.05) is 5.32 Å². The molecule has 168 valence electrons. The fourth-order valence-corrected chi connectivity index (χ4v) is 3.46. The molecule has 4 N–H and O–H groups in total. The Kier molecular flexibility index (Phi) is 6.88. The van der Waals surface area contributed by atoms with Crippen LogP contribution in [0, 0.1) is 0 Å². The molecular weight excluding hydrogens is 463 g/mol. The Morgan fingerprint density at radius 2 is 1.55 bits per heavy atom. The zero-order valence-electron chi connectivity index (χ0n) is 16.0. The van der Waals surface area contributed by atoms with Crippen molar-refractivity contribution in [2.24, 2.45) is 0 Å². The van der Waals surface area contributed by atoms with Crippen LogP contribution in [0.25, 0.3) is 0 Å². The van der Waals surface area contributed by atoms with E-state index in [0.717, 1.165) is 18.2 Å². The number of rotatable bonds is 6. The number of nitrogens with one attached hydrogen (secondary N) is 3. The van der Waals surface area contributed by atoms with Crippen molar-refractivity contribution < 1.29 is 36.3 Å². The molecule has 31 heavy (non-hydrogen) atoms. The summed E-state index contributed by atoms with van der Waals surface area (Å²) < 4.78 is 65.4. The number of sulfonamides is 1. The van der Waals surface area contributed by atoms with Gasteiger partial charge in [0.1, 0.15) is 0 Å². The fourth-order valence-electron chi connectivity index (χ4n) is 2.19. The van der Waals surface area contributed by atoms with E-state index < -0.39 is 27.7 Å². The van der Waals surface area contributed by atoms with Gasteiger partial charge in [0.2, 0.25) is 11.5 Å². The molecule has 2 rings (SSSR count). The average molecular weight is 480 g/mol. The number of benzene rings is 2. The standard InChI is InChI=1S/C18H17ClF3N3O5S/c1-10(26)23-11-3-6-13(7-4-11)31(29,30)25-12-5-8-15(14(19)9-12)24-16(27)17(2,28)18(20,21)22/h3-9,25,28H,1-2H3,(H,23,26)(H,24,27)/t17-/m1/s1. The van der Waals surface area contributed by atoms with Crippen molar-refractivity contribution in [2.75, 3.05) is 15.4 Å². The molecule has 0 aliphatic carbocycles. The van der Waals surface area contributed by atoms with E-state index >= 15 is 0 Å². The van der Waals surface area contributed by atoms with Crippen molar-refractivity contribution in [1.82, 2.24) is 0 Å². The summed E-state index contributed by atoms with van der Waals surface area (Å²) in [5.41, 5.74) is -3.56. The zero-order chi connectivity index (χ0) is 23.6. The molecule has 1 atom stereocenters. The van der Waals surface area contributed by atoms with Crippen LogP contribution in [0.15, 0.2) is 47.4 Å².